The van der Waals surface area contributed by atoms with Crippen LogP contribution in [0.15, 0.2) is 4.99 Å². The zero-order valence-electron chi connectivity index (χ0n) is 18.7. The fourth-order valence-corrected chi connectivity index (χ4v) is 5.35. The summed E-state index contributed by atoms with van der Waals surface area (Å²) in [4.78, 5) is 19.7. The largest absolute Gasteiger partial charge is 0.444 e. The van der Waals surface area contributed by atoms with Crippen LogP contribution >= 0.6 is 0 Å². The van der Waals surface area contributed by atoms with E-state index in [0.717, 1.165) is 62.5 Å². The molecule has 6 nitrogen and oxygen atoms in total. The first-order valence-corrected chi connectivity index (χ1v) is 11.9. The first-order valence-electron chi connectivity index (χ1n) is 11.9. The molecule has 29 heavy (non-hydrogen) atoms. The SMILES string of the molecule is CCNC(=NCC(C1CC1)C1CC1)NC1CC2CCC(C1)N2C(=O)OC(C)(C)C. The highest BCUT2D eigenvalue weighted by Crippen LogP contribution is 2.49. The normalized spacial score (nSPS) is 29.9. The van der Waals surface area contributed by atoms with Crippen molar-refractivity contribution in [2.75, 3.05) is 13.1 Å². The standard InChI is InChI=1S/C23H40N4O2/c1-5-24-21(25-14-20(15-6-7-15)16-8-9-16)26-17-12-18-10-11-19(13-17)27(18)22(28)29-23(2,3)4/h15-20H,5-14H2,1-4H3,(H2,24,25,26). The molecule has 2 aliphatic heterocycles. The van der Waals surface area contributed by atoms with E-state index in [1.54, 1.807) is 0 Å². The quantitative estimate of drug-likeness (QED) is 0.520. The van der Waals surface area contributed by atoms with Gasteiger partial charge in [-0.15, -0.1) is 0 Å². The average molecular weight is 405 g/mol. The predicted molar refractivity (Wildman–Crippen MR) is 116 cm³/mol. The number of aliphatic imine (C=N–C) groups is 1. The smallest absolute Gasteiger partial charge is 0.410 e. The second-order valence-electron chi connectivity index (χ2n) is 10.6. The van der Waals surface area contributed by atoms with Crippen LogP contribution in [0.5, 0.6) is 0 Å². The number of carbonyl (C=O) groups is 1. The van der Waals surface area contributed by atoms with Crippen molar-refractivity contribution in [3.63, 3.8) is 0 Å². The van der Waals surface area contributed by atoms with Gasteiger partial charge in [-0.25, -0.2) is 4.79 Å². The van der Waals surface area contributed by atoms with Crippen molar-refractivity contribution in [1.29, 1.82) is 0 Å². The summed E-state index contributed by atoms with van der Waals surface area (Å²) >= 11 is 0. The molecule has 4 rings (SSSR count). The van der Waals surface area contributed by atoms with Crippen molar-refractivity contribution in [2.24, 2.45) is 22.7 Å². The molecule has 2 saturated carbocycles. The van der Waals surface area contributed by atoms with E-state index in [4.69, 9.17) is 9.73 Å². The second kappa shape index (κ2) is 8.35. The maximum atomic E-state index is 12.7. The first-order chi connectivity index (χ1) is 13.8. The van der Waals surface area contributed by atoms with Gasteiger partial charge < -0.3 is 20.3 Å². The Kier molecular flexibility index (Phi) is 5.99. The van der Waals surface area contributed by atoms with Gasteiger partial charge in [0.15, 0.2) is 5.96 Å². The van der Waals surface area contributed by atoms with Crippen LogP contribution in [0.25, 0.3) is 0 Å². The van der Waals surface area contributed by atoms with Crippen LogP contribution in [0.3, 0.4) is 0 Å². The summed E-state index contributed by atoms with van der Waals surface area (Å²) < 4.78 is 5.66. The summed E-state index contributed by atoms with van der Waals surface area (Å²) in [6.07, 6.45) is 9.63. The number of rotatable bonds is 6. The summed E-state index contributed by atoms with van der Waals surface area (Å²) in [5.41, 5.74) is -0.434. The van der Waals surface area contributed by atoms with Gasteiger partial charge in [0.05, 0.1) is 0 Å². The minimum Gasteiger partial charge on any atom is -0.444 e. The highest BCUT2D eigenvalue weighted by molar-refractivity contribution is 5.80. The maximum Gasteiger partial charge on any atom is 0.410 e. The molecule has 2 aliphatic carbocycles. The van der Waals surface area contributed by atoms with Crippen molar-refractivity contribution < 1.29 is 9.53 Å². The Hall–Kier alpha value is -1.46. The van der Waals surface area contributed by atoms with Gasteiger partial charge >= 0.3 is 6.09 Å². The summed E-state index contributed by atoms with van der Waals surface area (Å²) in [6.45, 7) is 9.80. The molecule has 164 valence electrons. The summed E-state index contributed by atoms with van der Waals surface area (Å²) in [7, 11) is 0. The molecule has 2 saturated heterocycles. The minimum absolute atomic E-state index is 0.138. The Morgan fingerprint density at radius 1 is 1.07 bits per heavy atom. The van der Waals surface area contributed by atoms with Gasteiger partial charge in [0.25, 0.3) is 0 Å². The first kappa shape index (κ1) is 20.8. The molecule has 4 aliphatic rings. The van der Waals surface area contributed by atoms with Crippen molar-refractivity contribution >= 4 is 12.1 Å². The summed E-state index contributed by atoms with van der Waals surface area (Å²) in [5, 5.41) is 7.15. The number of ether oxygens (including phenoxy) is 1. The molecule has 1 amide bonds. The Morgan fingerprint density at radius 3 is 2.14 bits per heavy atom. The monoisotopic (exact) mass is 404 g/mol. The highest BCUT2D eigenvalue weighted by atomic mass is 16.6. The van der Waals surface area contributed by atoms with Gasteiger partial charge in [-0.3, -0.25) is 4.99 Å². The topological polar surface area (TPSA) is 66.0 Å². The van der Waals surface area contributed by atoms with Crippen molar-refractivity contribution in [2.45, 2.75) is 103 Å². The third kappa shape index (κ3) is 5.37. The predicted octanol–water partition coefficient (Wildman–Crippen LogP) is 3.91. The van der Waals surface area contributed by atoms with E-state index in [1.165, 1.54) is 25.7 Å². The molecule has 6 heteroatoms. The number of amides is 1. The van der Waals surface area contributed by atoms with E-state index in [9.17, 15) is 4.79 Å². The van der Waals surface area contributed by atoms with Gasteiger partial charge in [-0.2, -0.15) is 0 Å². The van der Waals surface area contributed by atoms with Crippen LogP contribution in [-0.4, -0.2) is 53.8 Å². The number of fused-ring (bicyclic) bond motifs is 2. The van der Waals surface area contributed by atoms with Gasteiger partial charge in [0, 0.05) is 31.2 Å². The molecule has 0 aromatic carbocycles. The zero-order chi connectivity index (χ0) is 20.6. The highest BCUT2D eigenvalue weighted by Gasteiger charge is 2.45. The van der Waals surface area contributed by atoms with Crippen molar-refractivity contribution in [3.05, 3.63) is 0 Å². The molecular weight excluding hydrogens is 364 g/mol. The van der Waals surface area contributed by atoms with Gasteiger partial charge in [0.2, 0.25) is 0 Å². The number of piperidine rings is 1. The number of hydrogen-bond acceptors (Lipinski definition) is 3. The molecule has 2 N–H and O–H groups in total. The second-order valence-corrected chi connectivity index (χ2v) is 10.6. The molecular formula is C23H40N4O2. The lowest BCUT2D eigenvalue weighted by atomic mass is 9.97. The minimum atomic E-state index is -0.434. The molecule has 0 aromatic heterocycles. The van der Waals surface area contributed by atoms with Crippen LogP contribution in [0.1, 0.15) is 79.1 Å². The third-order valence-electron chi connectivity index (χ3n) is 6.94. The molecule has 2 atom stereocenters. The molecule has 2 heterocycles. The van der Waals surface area contributed by atoms with Crippen LogP contribution in [0.2, 0.25) is 0 Å². The van der Waals surface area contributed by atoms with Gasteiger partial charge in [-0.1, -0.05) is 0 Å². The van der Waals surface area contributed by atoms with Gasteiger partial charge in [0.1, 0.15) is 5.60 Å². The van der Waals surface area contributed by atoms with E-state index < -0.39 is 5.60 Å². The van der Waals surface area contributed by atoms with Crippen LogP contribution in [0.4, 0.5) is 4.79 Å². The fraction of sp³-hybridized carbons (Fsp3) is 0.913. The Bertz CT molecular complexity index is 595. The van der Waals surface area contributed by atoms with Crippen LogP contribution in [-0.2, 0) is 4.74 Å². The lowest BCUT2D eigenvalue weighted by molar-refractivity contribution is 0.00545. The molecule has 2 bridgehead atoms. The molecule has 0 spiro atoms. The lowest BCUT2D eigenvalue weighted by Crippen LogP contribution is -2.55. The number of nitrogens with zero attached hydrogens (tertiary/aromatic N) is 2. The molecule has 0 aromatic rings. The Labute approximate surface area is 176 Å². The molecule has 4 fully saturated rings. The van der Waals surface area contributed by atoms with E-state index in [2.05, 4.69) is 17.6 Å². The number of nitrogens with one attached hydrogen (secondary N) is 2. The Morgan fingerprint density at radius 2 is 1.66 bits per heavy atom. The lowest BCUT2D eigenvalue weighted by Gasteiger charge is -2.40. The van der Waals surface area contributed by atoms with Crippen LogP contribution in [0, 0.1) is 17.8 Å². The fourth-order valence-electron chi connectivity index (χ4n) is 5.35. The zero-order valence-corrected chi connectivity index (χ0v) is 18.7. The van der Waals surface area contributed by atoms with Gasteiger partial charge in [-0.05, 0) is 96.8 Å². The number of guanidine groups is 1. The average Bonchev–Trinajstić information content (AvgIpc) is 3.52. The van der Waals surface area contributed by atoms with E-state index in [-0.39, 0.29) is 18.2 Å². The molecule has 2 unspecified atom stereocenters. The third-order valence-corrected chi connectivity index (χ3v) is 6.94. The summed E-state index contributed by atoms with van der Waals surface area (Å²) in [6, 6.07) is 0.952. The van der Waals surface area contributed by atoms with E-state index >= 15 is 0 Å². The van der Waals surface area contributed by atoms with Crippen molar-refractivity contribution in [1.82, 2.24) is 15.5 Å². The van der Waals surface area contributed by atoms with E-state index in [1.807, 2.05) is 25.7 Å². The number of hydrogen-bond donors (Lipinski definition) is 2. The van der Waals surface area contributed by atoms with Crippen molar-refractivity contribution in [3.8, 4) is 0 Å². The van der Waals surface area contributed by atoms with Crippen LogP contribution < -0.4 is 10.6 Å². The summed E-state index contributed by atoms with van der Waals surface area (Å²) in [5.74, 6) is 3.63. The maximum absolute atomic E-state index is 12.7. The molecule has 0 radical (unpaired) electrons. The number of carbonyl (C=O) groups excluding carboxylic acids is 1. The Balaban J connectivity index is 1.34. The van der Waals surface area contributed by atoms with E-state index in [0.29, 0.717) is 6.04 Å².